The zero-order valence-corrected chi connectivity index (χ0v) is 10.8. The van der Waals surface area contributed by atoms with E-state index in [0.29, 0.717) is 19.5 Å². The van der Waals surface area contributed by atoms with Crippen molar-refractivity contribution in [3.63, 3.8) is 0 Å². The highest BCUT2D eigenvalue weighted by Crippen LogP contribution is 2.24. The first kappa shape index (κ1) is 13.8. The number of hydrogen-bond donors (Lipinski definition) is 1. The Morgan fingerprint density at radius 1 is 1.53 bits per heavy atom. The van der Waals surface area contributed by atoms with Gasteiger partial charge < -0.3 is 9.52 Å². The van der Waals surface area contributed by atoms with Gasteiger partial charge in [-0.25, -0.2) is 0 Å². The van der Waals surface area contributed by atoms with Crippen LogP contribution < -0.4 is 0 Å². The molecule has 0 aliphatic heterocycles. The Bertz CT molecular complexity index is 348. The van der Waals surface area contributed by atoms with Crippen LogP contribution in [0.15, 0.2) is 22.8 Å². The molecule has 0 bridgehead atoms. The Morgan fingerprint density at radius 2 is 2.24 bits per heavy atom. The van der Waals surface area contributed by atoms with Gasteiger partial charge in [-0.05, 0) is 32.0 Å². The van der Waals surface area contributed by atoms with Crippen LogP contribution in [0.25, 0.3) is 0 Å². The Labute approximate surface area is 102 Å². The number of carboxylic acid groups (broad SMARTS) is 1. The summed E-state index contributed by atoms with van der Waals surface area (Å²) < 4.78 is 5.28. The first-order chi connectivity index (χ1) is 8.04. The number of hydrogen-bond acceptors (Lipinski definition) is 3. The maximum Gasteiger partial charge on any atom is 0.323 e. The molecule has 0 amide bonds. The summed E-state index contributed by atoms with van der Waals surface area (Å²) in [5, 5.41) is 9.42. The molecule has 96 valence electrons. The molecule has 0 saturated heterocycles. The predicted octanol–water partition coefficient (Wildman–Crippen LogP) is 2.74. The number of rotatable bonds is 7. The molecule has 1 N–H and O–H groups in total. The van der Waals surface area contributed by atoms with Gasteiger partial charge in [0.1, 0.15) is 11.3 Å². The van der Waals surface area contributed by atoms with E-state index in [2.05, 4.69) is 0 Å². The second-order valence-electron chi connectivity index (χ2n) is 4.42. The summed E-state index contributed by atoms with van der Waals surface area (Å²) in [6.07, 6.45) is 3.09. The second-order valence-corrected chi connectivity index (χ2v) is 4.42. The summed E-state index contributed by atoms with van der Waals surface area (Å²) in [7, 11) is 0. The van der Waals surface area contributed by atoms with E-state index in [0.717, 1.165) is 12.2 Å². The van der Waals surface area contributed by atoms with Crippen LogP contribution in [0, 0.1) is 0 Å². The van der Waals surface area contributed by atoms with Crippen LogP contribution in [0.4, 0.5) is 0 Å². The van der Waals surface area contributed by atoms with Gasteiger partial charge in [0, 0.05) is 0 Å². The summed E-state index contributed by atoms with van der Waals surface area (Å²) in [4.78, 5) is 13.4. The van der Waals surface area contributed by atoms with E-state index in [1.807, 2.05) is 30.9 Å². The van der Waals surface area contributed by atoms with Crippen LogP contribution in [0.3, 0.4) is 0 Å². The summed E-state index contributed by atoms with van der Waals surface area (Å²) in [5.41, 5.74) is -0.823. The van der Waals surface area contributed by atoms with E-state index in [9.17, 15) is 9.90 Å². The van der Waals surface area contributed by atoms with Crippen LogP contribution in [0.2, 0.25) is 0 Å². The largest absolute Gasteiger partial charge is 0.480 e. The smallest absolute Gasteiger partial charge is 0.323 e. The Balaban J connectivity index is 2.85. The molecule has 1 aromatic rings. The molecule has 4 heteroatoms. The van der Waals surface area contributed by atoms with E-state index < -0.39 is 11.5 Å². The molecule has 0 spiro atoms. The lowest BCUT2D eigenvalue weighted by atomic mass is 9.93. The van der Waals surface area contributed by atoms with Gasteiger partial charge in [-0.15, -0.1) is 0 Å². The van der Waals surface area contributed by atoms with E-state index in [1.54, 1.807) is 13.2 Å². The summed E-state index contributed by atoms with van der Waals surface area (Å²) in [6, 6.07) is 3.69. The molecule has 1 aromatic heterocycles. The van der Waals surface area contributed by atoms with Crippen LogP contribution in [0.1, 0.15) is 39.4 Å². The third-order valence-corrected chi connectivity index (χ3v) is 3.20. The average Bonchev–Trinajstić information content (AvgIpc) is 2.78. The summed E-state index contributed by atoms with van der Waals surface area (Å²) in [6.45, 7) is 6.97. The standard InChI is InChI=1S/C13H21NO3/c1-4-8-13(3,12(15)16)14(5-2)10-11-7-6-9-17-11/h6-7,9H,4-5,8,10H2,1-3H3,(H,15,16). The quantitative estimate of drug-likeness (QED) is 0.795. The predicted molar refractivity (Wildman–Crippen MR) is 65.7 cm³/mol. The second kappa shape index (κ2) is 5.87. The van der Waals surface area contributed by atoms with E-state index in [1.165, 1.54) is 0 Å². The Kier molecular flexibility index (Phi) is 4.75. The number of furan rings is 1. The van der Waals surface area contributed by atoms with Crippen LogP contribution in [-0.4, -0.2) is 28.1 Å². The molecular formula is C13H21NO3. The van der Waals surface area contributed by atoms with Gasteiger partial charge in [0.15, 0.2) is 0 Å². The van der Waals surface area contributed by atoms with Gasteiger partial charge >= 0.3 is 5.97 Å². The van der Waals surface area contributed by atoms with E-state index in [-0.39, 0.29) is 0 Å². The SMILES string of the molecule is CCCC(C)(C(=O)O)N(CC)Cc1ccco1. The molecule has 0 aromatic carbocycles. The van der Waals surface area contributed by atoms with Gasteiger partial charge in [-0.3, -0.25) is 9.69 Å². The molecule has 1 atom stereocenters. The van der Waals surface area contributed by atoms with E-state index >= 15 is 0 Å². The van der Waals surface area contributed by atoms with Crippen molar-refractivity contribution >= 4 is 5.97 Å². The highest BCUT2D eigenvalue weighted by molar-refractivity contribution is 5.78. The van der Waals surface area contributed by atoms with Gasteiger partial charge in [-0.2, -0.15) is 0 Å². The van der Waals surface area contributed by atoms with Gasteiger partial charge in [0.25, 0.3) is 0 Å². The fourth-order valence-electron chi connectivity index (χ4n) is 2.11. The highest BCUT2D eigenvalue weighted by Gasteiger charge is 2.38. The van der Waals surface area contributed by atoms with Crippen molar-refractivity contribution in [3.05, 3.63) is 24.2 Å². The van der Waals surface area contributed by atoms with Crippen molar-refractivity contribution in [2.75, 3.05) is 6.54 Å². The molecule has 0 saturated carbocycles. The lowest BCUT2D eigenvalue weighted by Crippen LogP contribution is -2.51. The minimum atomic E-state index is -0.823. The maximum absolute atomic E-state index is 11.5. The monoisotopic (exact) mass is 239 g/mol. The number of carbonyl (C=O) groups is 1. The molecule has 1 heterocycles. The van der Waals surface area contributed by atoms with Gasteiger partial charge in [0.2, 0.25) is 0 Å². The molecule has 4 nitrogen and oxygen atoms in total. The van der Waals surface area contributed by atoms with Crippen molar-refractivity contribution in [1.82, 2.24) is 4.90 Å². The molecule has 0 aliphatic carbocycles. The first-order valence-corrected chi connectivity index (χ1v) is 6.05. The van der Waals surface area contributed by atoms with E-state index in [4.69, 9.17) is 4.42 Å². The third kappa shape index (κ3) is 3.09. The molecular weight excluding hydrogens is 218 g/mol. The summed E-state index contributed by atoms with van der Waals surface area (Å²) in [5.74, 6) is 0.0307. The Hall–Kier alpha value is -1.29. The highest BCUT2D eigenvalue weighted by atomic mass is 16.4. The lowest BCUT2D eigenvalue weighted by molar-refractivity contribution is -0.151. The normalized spacial score (nSPS) is 14.8. The number of nitrogens with zero attached hydrogens (tertiary/aromatic N) is 1. The molecule has 0 aliphatic rings. The average molecular weight is 239 g/mol. The fraction of sp³-hybridized carbons (Fsp3) is 0.615. The van der Waals surface area contributed by atoms with Crippen LogP contribution in [0.5, 0.6) is 0 Å². The molecule has 0 radical (unpaired) electrons. The molecule has 1 unspecified atom stereocenters. The lowest BCUT2D eigenvalue weighted by Gasteiger charge is -2.36. The minimum Gasteiger partial charge on any atom is -0.480 e. The maximum atomic E-state index is 11.5. The van der Waals surface area contributed by atoms with Gasteiger partial charge in [0.05, 0.1) is 12.8 Å². The third-order valence-electron chi connectivity index (χ3n) is 3.20. The zero-order chi connectivity index (χ0) is 12.9. The van der Waals surface area contributed by atoms with Crippen molar-refractivity contribution in [3.8, 4) is 0 Å². The van der Waals surface area contributed by atoms with Crippen molar-refractivity contribution in [1.29, 1.82) is 0 Å². The zero-order valence-electron chi connectivity index (χ0n) is 10.8. The van der Waals surface area contributed by atoms with Crippen LogP contribution in [-0.2, 0) is 11.3 Å². The number of carboxylic acids is 1. The summed E-state index contributed by atoms with van der Waals surface area (Å²) >= 11 is 0. The molecule has 1 rings (SSSR count). The molecule has 17 heavy (non-hydrogen) atoms. The first-order valence-electron chi connectivity index (χ1n) is 6.05. The number of aliphatic carboxylic acids is 1. The topological polar surface area (TPSA) is 53.7 Å². The van der Waals surface area contributed by atoms with Crippen LogP contribution >= 0.6 is 0 Å². The van der Waals surface area contributed by atoms with Crippen molar-refractivity contribution < 1.29 is 14.3 Å². The molecule has 0 fully saturated rings. The van der Waals surface area contributed by atoms with Crippen molar-refractivity contribution in [2.45, 2.75) is 45.7 Å². The fourth-order valence-corrected chi connectivity index (χ4v) is 2.11. The number of likely N-dealkylation sites (N-methyl/N-ethyl adjacent to an activating group) is 1. The minimum absolute atomic E-state index is 0.534. The van der Waals surface area contributed by atoms with Crippen molar-refractivity contribution in [2.24, 2.45) is 0 Å². The Morgan fingerprint density at radius 3 is 2.65 bits per heavy atom. The van der Waals surface area contributed by atoms with Gasteiger partial charge in [-0.1, -0.05) is 20.3 Å².